The third kappa shape index (κ3) is 2.75. The van der Waals surface area contributed by atoms with Crippen LogP contribution in [0.15, 0.2) is 18.2 Å². The predicted molar refractivity (Wildman–Crippen MR) is 52.7 cm³/mol. The first-order chi connectivity index (χ1) is 7.06. The molecule has 0 aliphatic heterocycles. The molecule has 0 saturated carbocycles. The Hall–Kier alpha value is -1.45. The number of hydrogen-bond acceptors (Lipinski definition) is 2. The lowest BCUT2D eigenvalue weighted by Crippen LogP contribution is -2.12. The standard InChI is InChI=1S/C11H12F2O2/c1-3-15-9-5-4-7(2)6-8(9)10(14)11(12)13/h4-6,11H,3H2,1-2H3. The van der Waals surface area contributed by atoms with Gasteiger partial charge in [-0.05, 0) is 26.0 Å². The maximum atomic E-state index is 12.3. The first-order valence-corrected chi connectivity index (χ1v) is 4.62. The van der Waals surface area contributed by atoms with Gasteiger partial charge in [0.05, 0.1) is 12.2 Å². The fourth-order valence-corrected chi connectivity index (χ4v) is 1.24. The van der Waals surface area contributed by atoms with Crippen LogP contribution in [0.25, 0.3) is 0 Å². The fourth-order valence-electron chi connectivity index (χ4n) is 1.24. The van der Waals surface area contributed by atoms with E-state index >= 15 is 0 Å². The summed E-state index contributed by atoms with van der Waals surface area (Å²) in [5.74, 6) is -0.976. The van der Waals surface area contributed by atoms with Crippen LogP contribution >= 0.6 is 0 Å². The molecule has 0 radical (unpaired) electrons. The van der Waals surface area contributed by atoms with Crippen molar-refractivity contribution in [1.82, 2.24) is 0 Å². The summed E-state index contributed by atoms with van der Waals surface area (Å²) in [6.45, 7) is 3.81. The minimum atomic E-state index is -2.99. The van der Waals surface area contributed by atoms with E-state index in [4.69, 9.17) is 4.74 Å². The number of aryl methyl sites for hydroxylation is 1. The van der Waals surface area contributed by atoms with Crippen molar-refractivity contribution in [1.29, 1.82) is 0 Å². The highest BCUT2D eigenvalue weighted by Gasteiger charge is 2.21. The summed E-state index contributed by atoms with van der Waals surface area (Å²) >= 11 is 0. The Bertz CT molecular complexity index is 362. The second-order valence-electron chi connectivity index (χ2n) is 3.10. The van der Waals surface area contributed by atoms with Crippen molar-refractivity contribution in [3.05, 3.63) is 29.3 Å². The van der Waals surface area contributed by atoms with Crippen molar-refractivity contribution in [2.24, 2.45) is 0 Å². The van der Waals surface area contributed by atoms with E-state index in [-0.39, 0.29) is 11.3 Å². The molecule has 0 heterocycles. The van der Waals surface area contributed by atoms with E-state index in [0.29, 0.717) is 6.61 Å². The zero-order chi connectivity index (χ0) is 11.4. The summed E-state index contributed by atoms with van der Waals surface area (Å²) in [7, 11) is 0. The molecule has 0 saturated heterocycles. The van der Waals surface area contributed by atoms with Crippen molar-refractivity contribution >= 4 is 5.78 Å². The molecule has 82 valence electrons. The molecule has 2 nitrogen and oxygen atoms in total. The third-order valence-electron chi connectivity index (χ3n) is 1.90. The Kier molecular flexibility index (Phi) is 3.77. The number of benzene rings is 1. The van der Waals surface area contributed by atoms with Gasteiger partial charge in [-0.15, -0.1) is 0 Å². The molecule has 1 aromatic rings. The summed E-state index contributed by atoms with van der Waals surface area (Å²) in [5.41, 5.74) is 0.703. The molecule has 0 fully saturated rings. The lowest BCUT2D eigenvalue weighted by atomic mass is 10.1. The lowest BCUT2D eigenvalue weighted by molar-refractivity contribution is 0.0674. The van der Waals surface area contributed by atoms with Gasteiger partial charge in [0, 0.05) is 0 Å². The van der Waals surface area contributed by atoms with Crippen molar-refractivity contribution in [2.75, 3.05) is 6.61 Å². The number of ketones is 1. The van der Waals surface area contributed by atoms with Crippen molar-refractivity contribution in [3.63, 3.8) is 0 Å². The second-order valence-corrected chi connectivity index (χ2v) is 3.10. The number of carbonyl (C=O) groups is 1. The molecule has 1 aromatic carbocycles. The molecule has 15 heavy (non-hydrogen) atoms. The fraction of sp³-hybridized carbons (Fsp3) is 0.364. The normalized spacial score (nSPS) is 10.5. The summed E-state index contributed by atoms with van der Waals surface area (Å²) < 4.78 is 29.6. The van der Waals surface area contributed by atoms with Crippen LogP contribution in [0.5, 0.6) is 5.75 Å². The van der Waals surface area contributed by atoms with Crippen LogP contribution < -0.4 is 4.74 Å². The zero-order valence-corrected chi connectivity index (χ0v) is 8.59. The Morgan fingerprint density at radius 3 is 2.67 bits per heavy atom. The molecule has 0 bridgehead atoms. The van der Waals surface area contributed by atoms with Gasteiger partial charge in [-0.2, -0.15) is 0 Å². The Balaban J connectivity index is 3.12. The quantitative estimate of drug-likeness (QED) is 0.720. The summed E-state index contributed by atoms with van der Waals surface area (Å²) in [6, 6.07) is 4.67. The molecule has 1 rings (SSSR count). The molecule has 0 N–H and O–H groups in total. The first-order valence-electron chi connectivity index (χ1n) is 4.62. The van der Waals surface area contributed by atoms with Crippen LogP contribution in [-0.4, -0.2) is 18.8 Å². The molecule has 0 spiro atoms. The number of Topliss-reactive ketones (excluding diaryl/α,β-unsaturated/α-hetero) is 1. The number of carbonyl (C=O) groups excluding carboxylic acids is 1. The second kappa shape index (κ2) is 4.87. The third-order valence-corrected chi connectivity index (χ3v) is 1.90. The Morgan fingerprint density at radius 1 is 1.47 bits per heavy atom. The van der Waals surface area contributed by atoms with E-state index in [1.807, 2.05) is 0 Å². The van der Waals surface area contributed by atoms with Gasteiger partial charge in [0.25, 0.3) is 0 Å². The molecule has 0 unspecified atom stereocenters. The van der Waals surface area contributed by atoms with Crippen molar-refractivity contribution in [3.8, 4) is 5.75 Å². The van der Waals surface area contributed by atoms with Gasteiger partial charge in [-0.1, -0.05) is 11.6 Å². The van der Waals surface area contributed by atoms with Gasteiger partial charge in [-0.3, -0.25) is 4.79 Å². The number of hydrogen-bond donors (Lipinski definition) is 0. The Labute approximate surface area is 86.9 Å². The van der Waals surface area contributed by atoms with Gasteiger partial charge in [0.2, 0.25) is 5.78 Å². The average Bonchev–Trinajstić information content (AvgIpc) is 2.20. The average molecular weight is 214 g/mol. The molecule has 0 atom stereocenters. The van der Waals surface area contributed by atoms with Crippen LogP contribution in [0.4, 0.5) is 8.78 Å². The number of alkyl halides is 2. The monoisotopic (exact) mass is 214 g/mol. The molecular weight excluding hydrogens is 202 g/mol. The van der Waals surface area contributed by atoms with Gasteiger partial charge in [0.15, 0.2) is 0 Å². The van der Waals surface area contributed by atoms with Gasteiger partial charge < -0.3 is 4.74 Å². The summed E-state index contributed by atoms with van der Waals surface area (Å²) in [6.07, 6.45) is -2.99. The number of ether oxygens (including phenoxy) is 1. The van der Waals surface area contributed by atoms with Gasteiger partial charge in [-0.25, -0.2) is 8.78 Å². The van der Waals surface area contributed by atoms with E-state index in [0.717, 1.165) is 5.56 Å². The highest BCUT2D eigenvalue weighted by Crippen LogP contribution is 2.22. The van der Waals surface area contributed by atoms with Crippen LogP contribution in [0.3, 0.4) is 0 Å². The number of rotatable bonds is 4. The molecule has 0 amide bonds. The lowest BCUT2D eigenvalue weighted by Gasteiger charge is -2.09. The maximum absolute atomic E-state index is 12.3. The van der Waals surface area contributed by atoms with E-state index in [1.54, 1.807) is 19.9 Å². The molecule has 0 aromatic heterocycles. The zero-order valence-electron chi connectivity index (χ0n) is 8.59. The smallest absolute Gasteiger partial charge is 0.300 e. The van der Waals surface area contributed by atoms with Crippen LogP contribution in [-0.2, 0) is 0 Å². The highest BCUT2D eigenvalue weighted by atomic mass is 19.3. The van der Waals surface area contributed by atoms with Crippen LogP contribution in [0.2, 0.25) is 0 Å². The predicted octanol–water partition coefficient (Wildman–Crippen LogP) is 2.84. The van der Waals surface area contributed by atoms with Crippen molar-refractivity contribution in [2.45, 2.75) is 20.3 Å². The van der Waals surface area contributed by atoms with Crippen molar-refractivity contribution < 1.29 is 18.3 Å². The minimum Gasteiger partial charge on any atom is -0.493 e. The SMILES string of the molecule is CCOc1ccc(C)cc1C(=O)C(F)F. The highest BCUT2D eigenvalue weighted by molar-refractivity contribution is 6.01. The van der Waals surface area contributed by atoms with Crippen LogP contribution in [0, 0.1) is 6.92 Å². The summed E-state index contributed by atoms with van der Waals surface area (Å²) in [4.78, 5) is 11.2. The van der Waals surface area contributed by atoms with Crippen LogP contribution in [0.1, 0.15) is 22.8 Å². The van der Waals surface area contributed by atoms with Gasteiger partial charge >= 0.3 is 6.43 Å². The largest absolute Gasteiger partial charge is 0.493 e. The minimum absolute atomic E-state index is 0.0492. The first kappa shape index (κ1) is 11.6. The Morgan fingerprint density at radius 2 is 2.13 bits per heavy atom. The molecule has 0 aliphatic carbocycles. The van der Waals surface area contributed by atoms with E-state index in [1.165, 1.54) is 12.1 Å². The van der Waals surface area contributed by atoms with Gasteiger partial charge in [0.1, 0.15) is 5.75 Å². The van der Waals surface area contributed by atoms with E-state index in [9.17, 15) is 13.6 Å². The number of halogens is 2. The van der Waals surface area contributed by atoms with E-state index in [2.05, 4.69) is 0 Å². The topological polar surface area (TPSA) is 26.3 Å². The molecular formula is C11H12F2O2. The maximum Gasteiger partial charge on any atom is 0.300 e. The molecule has 0 aliphatic rings. The van der Waals surface area contributed by atoms with E-state index < -0.39 is 12.2 Å². The summed E-state index contributed by atoms with van der Waals surface area (Å²) in [5, 5.41) is 0. The molecule has 4 heteroatoms.